The second kappa shape index (κ2) is 7.45. The number of benzene rings is 2. The Kier molecular flexibility index (Phi) is 5.07. The van der Waals surface area contributed by atoms with E-state index in [9.17, 15) is 14.7 Å². The fourth-order valence-electron chi connectivity index (χ4n) is 3.15. The smallest absolute Gasteiger partial charge is 0.354 e. The molecule has 2 aromatic carbocycles. The zero-order valence-electron chi connectivity index (χ0n) is 15.3. The second-order valence-corrected chi connectivity index (χ2v) is 6.25. The number of carbonyl (C=O) groups is 2. The van der Waals surface area contributed by atoms with Crippen molar-refractivity contribution >= 4 is 11.9 Å². The molecule has 0 aliphatic heterocycles. The maximum atomic E-state index is 11.7. The molecule has 3 rings (SSSR count). The molecule has 0 fully saturated rings. The van der Waals surface area contributed by atoms with E-state index in [0.717, 1.165) is 16.7 Å². The third kappa shape index (κ3) is 3.46. The minimum atomic E-state index is -1.04. The Morgan fingerprint density at radius 1 is 1.15 bits per heavy atom. The molecule has 3 aromatic rings. The van der Waals surface area contributed by atoms with Crippen LogP contribution in [-0.4, -0.2) is 33.7 Å². The first kappa shape index (κ1) is 18.4. The molecule has 1 aromatic heterocycles. The molecule has 0 saturated carbocycles. The summed E-state index contributed by atoms with van der Waals surface area (Å²) in [6.45, 7) is 3.79. The Morgan fingerprint density at radius 3 is 2.44 bits per heavy atom. The van der Waals surface area contributed by atoms with E-state index in [-0.39, 0.29) is 11.7 Å². The van der Waals surface area contributed by atoms with Gasteiger partial charge in [0.2, 0.25) is 0 Å². The summed E-state index contributed by atoms with van der Waals surface area (Å²) in [5, 5.41) is 9.62. The lowest BCUT2D eigenvalue weighted by Crippen LogP contribution is -2.15. The van der Waals surface area contributed by atoms with Gasteiger partial charge < -0.3 is 14.4 Å². The molecule has 27 heavy (non-hydrogen) atoms. The fourth-order valence-corrected chi connectivity index (χ4v) is 3.15. The number of aryl methyl sites for hydroxylation is 1. The molecule has 138 valence electrons. The van der Waals surface area contributed by atoms with Gasteiger partial charge in [-0.3, -0.25) is 0 Å². The zero-order valence-corrected chi connectivity index (χ0v) is 15.3. The molecular weight excluding hydrogens is 344 g/mol. The van der Waals surface area contributed by atoms with Crippen LogP contribution in [0.2, 0.25) is 0 Å². The van der Waals surface area contributed by atoms with Crippen molar-refractivity contribution in [1.29, 1.82) is 0 Å². The number of hydrogen-bond acceptors (Lipinski definition) is 4. The molecule has 1 heterocycles. The number of carboxylic acids is 1. The van der Waals surface area contributed by atoms with Gasteiger partial charge in [0, 0.05) is 5.56 Å². The van der Waals surface area contributed by atoms with Crippen LogP contribution in [0.25, 0.3) is 11.4 Å². The average Bonchev–Trinajstić information content (AvgIpc) is 3.12. The van der Waals surface area contributed by atoms with Gasteiger partial charge in [-0.2, -0.15) is 0 Å². The topological polar surface area (TPSA) is 81.4 Å². The molecule has 0 bridgehead atoms. The fraction of sp³-hybridized carbons (Fsp3) is 0.190. The average molecular weight is 364 g/mol. The predicted molar refractivity (Wildman–Crippen MR) is 101 cm³/mol. The van der Waals surface area contributed by atoms with Crippen LogP contribution in [0.3, 0.4) is 0 Å². The molecule has 0 radical (unpaired) electrons. The van der Waals surface area contributed by atoms with Crippen molar-refractivity contribution in [2.45, 2.75) is 19.9 Å². The van der Waals surface area contributed by atoms with Crippen molar-refractivity contribution in [3.63, 3.8) is 0 Å². The number of esters is 1. The summed E-state index contributed by atoms with van der Waals surface area (Å²) in [7, 11) is 1.33. The molecule has 0 saturated heterocycles. The van der Waals surface area contributed by atoms with Crippen molar-refractivity contribution in [2.75, 3.05) is 7.11 Å². The van der Waals surface area contributed by atoms with E-state index in [2.05, 4.69) is 4.98 Å². The number of rotatable bonds is 5. The highest BCUT2D eigenvalue weighted by Crippen LogP contribution is 2.30. The first-order valence-electron chi connectivity index (χ1n) is 8.48. The standard InChI is InChI=1S/C21H20N2O4/c1-13-11-16(21(26)27-3)9-10-17(13)19-22-12-18(20(24)25)23(19)14(2)15-7-5-4-6-8-15/h4-12,14H,1-3H3,(H,24,25)/t14-/m1/s1. The summed E-state index contributed by atoms with van der Waals surface area (Å²) in [6, 6.07) is 14.6. The van der Waals surface area contributed by atoms with Gasteiger partial charge in [-0.05, 0) is 37.1 Å². The van der Waals surface area contributed by atoms with Crippen LogP contribution in [0.15, 0.2) is 54.7 Å². The van der Waals surface area contributed by atoms with E-state index in [4.69, 9.17) is 4.74 Å². The molecule has 0 amide bonds. The minimum absolute atomic E-state index is 0.109. The Balaban J connectivity index is 2.15. The van der Waals surface area contributed by atoms with Crippen molar-refractivity contribution in [3.05, 3.63) is 77.1 Å². The quantitative estimate of drug-likeness (QED) is 0.693. The molecule has 6 heteroatoms. The lowest BCUT2D eigenvalue weighted by Gasteiger charge is -2.20. The van der Waals surface area contributed by atoms with Crippen LogP contribution in [-0.2, 0) is 4.74 Å². The summed E-state index contributed by atoms with van der Waals surface area (Å²) in [6.07, 6.45) is 1.37. The Morgan fingerprint density at radius 2 is 1.85 bits per heavy atom. The first-order valence-corrected chi connectivity index (χ1v) is 8.48. The number of aromatic nitrogens is 2. The maximum Gasteiger partial charge on any atom is 0.354 e. The van der Waals surface area contributed by atoms with Crippen molar-refractivity contribution in [1.82, 2.24) is 9.55 Å². The number of methoxy groups -OCH3 is 1. The van der Waals surface area contributed by atoms with Crippen molar-refractivity contribution in [3.8, 4) is 11.4 Å². The third-order valence-corrected chi connectivity index (χ3v) is 4.57. The second-order valence-electron chi connectivity index (χ2n) is 6.25. The van der Waals surface area contributed by atoms with E-state index in [1.54, 1.807) is 22.8 Å². The number of ether oxygens (including phenoxy) is 1. The highest BCUT2D eigenvalue weighted by molar-refractivity contribution is 5.91. The molecule has 1 atom stereocenters. The third-order valence-electron chi connectivity index (χ3n) is 4.57. The number of hydrogen-bond donors (Lipinski definition) is 1. The first-order chi connectivity index (χ1) is 12.9. The van der Waals surface area contributed by atoms with Gasteiger partial charge in [0.25, 0.3) is 0 Å². The zero-order chi connectivity index (χ0) is 19.6. The van der Waals surface area contributed by atoms with Crippen molar-refractivity contribution < 1.29 is 19.4 Å². The van der Waals surface area contributed by atoms with E-state index in [1.807, 2.05) is 44.2 Å². The Bertz CT molecular complexity index is 993. The van der Waals surface area contributed by atoms with Gasteiger partial charge in [-0.15, -0.1) is 0 Å². The van der Waals surface area contributed by atoms with Crippen LogP contribution < -0.4 is 0 Å². The van der Waals surface area contributed by atoms with Gasteiger partial charge in [-0.1, -0.05) is 36.4 Å². The van der Waals surface area contributed by atoms with E-state index in [1.165, 1.54) is 13.3 Å². The van der Waals surface area contributed by atoms with Crippen LogP contribution in [0, 0.1) is 6.92 Å². The lowest BCUT2D eigenvalue weighted by molar-refractivity contribution is 0.0599. The summed E-state index contributed by atoms with van der Waals surface area (Å²) >= 11 is 0. The Hall–Kier alpha value is -3.41. The summed E-state index contributed by atoms with van der Waals surface area (Å²) in [5.74, 6) is -0.921. The SMILES string of the molecule is COC(=O)c1ccc(-c2ncc(C(=O)O)n2[C@H](C)c2ccccc2)c(C)c1. The molecule has 0 unspecified atom stereocenters. The summed E-state index contributed by atoms with van der Waals surface area (Å²) in [4.78, 5) is 27.9. The molecular formula is C21H20N2O4. The van der Waals surface area contributed by atoms with Gasteiger partial charge >= 0.3 is 11.9 Å². The van der Waals surface area contributed by atoms with Gasteiger partial charge in [0.1, 0.15) is 11.5 Å². The molecule has 0 aliphatic rings. The summed E-state index contributed by atoms with van der Waals surface area (Å²) in [5.41, 5.74) is 3.09. The number of imidazole rings is 1. The maximum absolute atomic E-state index is 11.7. The molecule has 0 aliphatic carbocycles. The van der Waals surface area contributed by atoms with Gasteiger partial charge in [0.05, 0.1) is 24.9 Å². The lowest BCUT2D eigenvalue weighted by atomic mass is 10.0. The van der Waals surface area contributed by atoms with Crippen molar-refractivity contribution in [2.24, 2.45) is 0 Å². The monoisotopic (exact) mass is 364 g/mol. The highest BCUT2D eigenvalue weighted by Gasteiger charge is 2.23. The molecule has 6 nitrogen and oxygen atoms in total. The van der Waals surface area contributed by atoms with Crippen LogP contribution in [0.1, 0.15) is 44.9 Å². The predicted octanol–water partition coefficient (Wildman–Crippen LogP) is 3.95. The number of nitrogens with zero attached hydrogens (tertiary/aromatic N) is 2. The van der Waals surface area contributed by atoms with E-state index < -0.39 is 11.9 Å². The molecule has 1 N–H and O–H groups in total. The largest absolute Gasteiger partial charge is 0.477 e. The number of carbonyl (C=O) groups excluding carboxylic acids is 1. The van der Waals surface area contributed by atoms with Crippen LogP contribution in [0.5, 0.6) is 0 Å². The number of aromatic carboxylic acids is 1. The summed E-state index contributed by atoms with van der Waals surface area (Å²) < 4.78 is 6.46. The molecule has 0 spiro atoms. The normalized spacial score (nSPS) is 11.8. The van der Waals surface area contributed by atoms with E-state index >= 15 is 0 Å². The van der Waals surface area contributed by atoms with Gasteiger partial charge in [0.15, 0.2) is 0 Å². The van der Waals surface area contributed by atoms with Crippen LogP contribution >= 0.6 is 0 Å². The number of carboxylic acid groups (broad SMARTS) is 1. The minimum Gasteiger partial charge on any atom is -0.477 e. The Labute approximate surface area is 157 Å². The van der Waals surface area contributed by atoms with E-state index in [0.29, 0.717) is 11.4 Å². The van der Waals surface area contributed by atoms with Gasteiger partial charge in [-0.25, -0.2) is 14.6 Å². The highest BCUT2D eigenvalue weighted by atomic mass is 16.5. The van der Waals surface area contributed by atoms with Crippen LogP contribution in [0.4, 0.5) is 0 Å².